The van der Waals surface area contributed by atoms with Crippen LogP contribution in [0.4, 0.5) is 4.79 Å². The lowest BCUT2D eigenvalue weighted by molar-refractivity contribution is -0.142. The van der Waals surface area contributed by atoms with Gasteiger partial charge in [-0.2, -0.15) is 0 Å². The highest BCUT2D eigenvalue weighted by molar-refractivity contribution is 5.87. The van der Waals surface area contributed by atoms with Crippen molar-refractivity contribution in [2.45, 2.75) is 6.92 Å². The van der Waals surface area contributed by atoms with Gasteiger partial charge in [-0.25, -0.2) is 4.79 Å². The van der Waals surface area contributed by atoms with E-state index in [0.29, 0.717) is 0 Å². The third-order valence-electron chi connectivity index (χ3n) is 3.16. The zero-order valence-corrected chi connectivity index (χ0v) is 11.1. The average Bonchev–Trinajstić information content (AvgIpc) is 2.68. The molecule has 0 aromatic carbocycles. The third kappa shape index (κ3) is 3.84. The molecule has 0 bridgehead atoms. The van der Waals surface area contributed by atoms with E-state index in [0.717, 1.165) is 4.90 Å². The molecular weight excluding hydrogens is 268 g/mol. The lowest BCUT2D eigenvalue weighted by Gasteiger charge is -2.26. The summed E-state index contributed by atoms with van der Waals surface area (Å²) in [6.45, 7) is 1.11. The van der Waals surface area contributed by atoms with E-state index in [1.165, 1.54) is 4.90 Å². The molecule has 0 saturated carbocycles. The van der Waals surface area contributed by atoms with Crippen LogP contribution in [0.2, 0.25) is 0 Å². The number of carboxylic acid groups (broad SMARTS) is 1. The molecule has 0 aromatic heterocycles. The molecule has 1 heterocycles. The predicted molar refractivity (Wildman–Crippen MR) is 67.2 cm³/mol. The molecule has 1 aliphatic rings. The van der Waals surface area contributed by atoms with Crippen LogP contribution in [0.25, 0.3) is 0 Å². The summed E-state index contributed by atoms with van der Waals surface area (Å²) in [5, 5.41) is 9.01. The molecule has 0 radical (unpaired) electrons. The van der Waals surface area contributed by atoms with Crippen LogP contribution in [0.5, 0.6) is 0 Å². The van der Waals surface area contributed by atoms with E-state index >= 15 is 0 Å². The lowest BCUT2D eigenvalue weighted by atomic mass is 9.99. The maximum absolute atomic E-state index is 12.2. The Labute approximate surface area is 115 Å². The van der Waals surface area contributed by atoms with Gasteiger partial charge in [0.25, 0.3) is 0 Å². The zero-order valence-electron chi connectivity index (χ0n) is 11.1. The number of primary amides is 2. The fraction of sp³-hybridized carbons (Fsp3) is 0.636. The van der Waals surface area contributed by atoms with Gasteiger partial charge in [0.1, 0.15) is 13.1 Å². The monoisotopic (exact) mass is 286 g/mol. The van der Waals surface area contributed by atoms with E-state index in [1.807, 2.05) is 0 Å². The molecule has 2 atom stereocenters. The first kappa shape index (κ1) is 15.7. The van der Waals surface area contributed by atoms with Gasteiger partial charge >= 0.3 is 12.0 Å². The minimum atomic E-state index is -0.982. The van der Waals surface area contributed by atoms with E-state index in [9.17, 15) is 19.2 Å². The number of nitrogens with two attached hydrogens (primary N) is 2. The Hall–Kier alpha value is -2.32. The van der Waals surface area contributed by atoms with Crippen LogP contribution in [0.1, 0.15) is 6.92 Å². The molecule has 0 aliphatic carbocycles. The first-order chi connectivity index (χ1) is 9.22. The minimum absolute atomic E-state index is 0.0311. The van der Waals surface area contributed by atoms with Gasteiger partial charge in [-0.3, -0.25) is 14.4 Å². The summed E-state index contributed by atoms with van der Waals surface area (Å²) >= 11 is 0. The van der Waals surface area contributed by atoms with Crippen LogP contribution >= 0.6 is 0 Å². The van der Waals surface area contributed by atoms with E-state index in [4.69, 9.17) is 16.6 Å². The fourth-order valence-corrected chi connectivity index (χ4v) is 2.21. The second-order valence-electron chi connectivity index (χ2n) is 4.90. The first-order valence-corrected chi connectivity index (χ1v) is 6.05. The summed E-state index contributed by atoms with van der Waals surface area (Å²) in [5.41, 5.74) is 10.0. The van der Waals surface area contributed by atoms with Crippen molar-refractivity contribution in [3.8, 4) is 0 Å². The summed E-state index contributed by atoms with van der Waals surface area (Å²) in [6, 6.07) is -0.613. The van der Waals surface area contributed by atoms with E-state index in [2.05, 4.69) is 0 Å². The number of likely N-dealkylation sites (tertiary alicyclic amines) is 1. The molecule has 20 heavy (non-hydrogen) atoms. The molecule has 0 aromatic rings. The highest BCUT2D eigenvalue weighted by atomic mass is 16.4. The summed E-state index contributed by atoms with van der Waals surface area (Å²) in [7, 11) is 0. The first-order valence-electron chi connectivity index (χ1n) is 6.05. The molecular formula is C11H18N4O5. The van der Waals surface area contributed by atoms with Gasteiger partial charge in [-0.1, -0.05) is 6.92 Å². The molecule has 9 nitrogen and oxygen atoms in total. The quantitative estimate of drug-likeness (QED) is 0.536. The third-order valence-corrected chi connectivity index (χ3v) is 3.16. The maximum atomic E-state index is 12.2. The summed E-state index contributed by atoms with van der Waals surface area (Å²) in [4.78, 5) is 47.2. The number of carboxylic acids is 1. The molecule has 5 N–H and O–H groups in total. The van der Waals surface area contributed by atoms with Crippen LogP contribution in [-0.2, 0) is 14.4 Å². The lowest BCUT2D eigenvalue weighted by Crippen LogP contribution is -2.49. The Bertz CT molecular complexity index is 423. The van der Waals surface area contributed by atoms with Crippen LogP contribution in [0.15, 0.2) is 0 Å². The maximum Gasteiger partial charge on any atom is 0.320 e. The van der Waals surface area contributed by atoms with Crippen LogP contribution in [-0.4, -0.2) is 64.9 Å². The normalized spacial score (nSPS) is 21.6. The standard InChI is InChI=1S/C11H18N4O5/c1-6-2-14(3-7(6)10(18)19)11(20)15(4-8(12)16)5-9(13)17/h6-7H,2-5H2,1H3,(H2,12,16)(H2,13,17)(H,18,19). The Morgan fingerprint density at radius 1 is 1.15 bits per heavy atom. The number of rotatable bonds is 5. The average molecular weight is 286 g/mol. The van der Waals surface area contributed by atoms with Crippen molar-refractivity contribution >= 4 is 23.8 Å². The fourth-order valence-electron chi connectivity index (χ4n) is 2.21. The van der Waals surface area contributed by atoms with Crippen LogP contribution in [0, 0.1) is 11.8 Å². The molecule has 2 unspecified atom stereocenters. The topological polar surface area (TPSA) is 147 Å². The number of urea groups is 1. The van der Waals surface area contributed by atoms with Crippen molar-refractivity contribution in [3.05, 3.63) is 0 Å². The van der Waals surface area contributed by atoms with Gasteiger partial charge in [0.15, 0.2) is 0 Å². The predicted octanol–water partition coefficient (Wildman–Crippen LogP) is -1.97. The van der Waals surface area contributed by atoms with Gasteiger partial charge in [0, 0.05) is 13.1 Å². The Morgan fingerprint density at radius 3 is 2.00 bits per heavy atom. The van der Waals surface area contributed by atoms with Crippen molar-refractivity contribution in [2.75, 3.05) is 26.2 Å². The summed E-state index contributed by atoms with van der Waals surface area (Å²) in [6.07, 6.45) is 0. The van der Waals surface area contributed by atoms with Crippen molar-refractivity contribution in [2.24, 2.45) is 23.3 Å². The van der Waals surface area contributed by atoms with E-state index in [1.54, 1.807) is 6.92 Å². The Kier molecular flexibility index (Phi) is 4.89. The molecule has 1 aliphatic heterocycles. The Balaban J connectivity index is 2.77. The summed E-state index contributed by atoms with van der Waals surface area (Å²) < 4.78 is 0. The molecule has 0 spiro atoms. The summed E-state index contributed by atoms with van der Waals surface area (Å²) in [5.74, 6) is -3.41. The molecule has 1 fully saturated rings. The van der Waals surface area contributed by atoms with E-state index < -0.39 is 42.8 Å². The number of hydrogen-bond donors (Lipinski definition) is 3. The second kappa shape index (κ2) is 6.22. The van der Waals surface area contributed by atoms with Gasteiger partial charge in [-0.15, -0.1) is 0 Å². The van der Waals surface area contributed by atoms with E-state index in [-0.39, 0.29) is 19.0 Å². The highest BCUT2D eigenvalue weighted by Crippen LogP contribution is 2.24. The van der Waals surface area contributed by atoms with Gasteiger partial charge in [0.05, 0.1) is 5.92 Å². The van der Waals surface area contributed by atoms with Crippen molar-refractivity contribution in [3.63, 3.8) is 0 Å². The molecule has 4 amide bonds. The number of carbonyl (C=O) groups is 4. The molecule has 1 saturated heterocycles. The molecule has 9 heteroatoms. The number of carbonyl (C=O) groups excluding carboxylic acids is 3. The molecule has 1 rings (SSSR count). The van der Waals surface area contributed by atoms with Crippen molar-refractivity contribution in [1.82, 2.24) is 9.80 Å². The van der Waals surface area contributed by atoms with Gasteiger partial charge in [-0.05, 0) is 5.92 Å². The van der Waals surface area contributed by atoms with Crippen molar-refractivity contribution in [1.29, 1.82) is 0 Å². The van der Waals surface area contributed by atoms with Crippen LogP contribution in [0.3, 0.4) is 0 Å². The van der Waals surface area contributed by atoms with Gasteiger partial charge in [0.2, 0.25) is 11.8 Å². The highest BCUT2D eigenvalue weighted by Gasteiger charge is 2.38. The van der Waals surface area contributed by atoms with Crippen LogP contribution < -0.4 is 11.5 Å². The smallest absolute Gasteiger partial charge is 0.320 e. The zero-order chi connectivity index (χ0) is 15.4. The second-order valence-corrected chi connectivity index (χ2v) is 4.90. The minimum Gasteiger partial charge on any atom is -0.481 e. The largest absolute Gasteiger partial charge is 0.481 e. The number of aliphatic carboxylic acids is 1. The van der Waals surface area contributed by atoms with Gasteiger partial charge < -0.3 is 26.4 Å². The number of nitrogens with zero attached hydrogens (tertiary/aromatic N) is 2. The SMILES string of the molecule is CC1CN(C(=O)N(CC(N)=O)CC(N)=O)CC1C(=O)O. The molecule has 112 valence electrons. The Morgan fingerprint density at radius 2 is 1.65 bits per heavy atom. The number of amides is 4. The number of hydrogen-bond acceptors (Lipinski definition) is 4. The van der Waals surface area contributed by atoms with Crippen molar-refractivity contribution < 1.29 is 24.3 Å².